The van der Waals surface area contributed by atoms with Gasteiger partial charge in [0.1, 0.15) is 11.2 Å². The van der Waals surface area contributed by atoms with Crippen LogP contribution in [-0.2, 0) is 9.47 Å². The SMILES string of the molecule is CC(C)(C)OC(=O)NCC[C@H]1C[C@@]1(CO)NC(=O)OC(C)(C)C. The molecule has 1 fully saturated rings. The minimum absolute atomic E-state index is 0.106. The molecule has 0 aromatic carbocycles. The molecule has 0 heterocycles. The van der Waals surface area contributed by atoms with Gasteiger partial charge in [0.2, 0.25) is 0 Å². The number of carbonyl (C=O) groups excluding carboxylic acids is 2. The van der Waals surface area contributed by atoms with Crippen LogP contribution in [-0.4, -0.2) is 47.2 Å². The Morgan fingerprint density at radius 3 is 2.09 bits per heavy atom. The molecule has 2 amide bonds. The zero-order chi connectivity index (χ0) is 17.9. The summed E-state index contributed by atoms with van der Waals surface area (Å²) in [5.74, 6) is 0.106. The van der Waals surface area contributed by atoms with Gasteiger partial charge < -0.3 is 25.2 Å². The quantitative estimate of drug-likeness (QED) is 0.718. The van der Waals surface area contributed by atoms with Crippen LogP contribution in [0.2, 0.25) is 0 Å². The maximum atomic E-state index is 11.8. The van der Waals surface area contributed by atoms with E-state index in [2.05, 4.69) is 10.6 Å². The fourth-order valence-electron chi connectivity index (χ4n) is 2.31. The molecule has 0 spiro atoms. The molecule has 0 aromatic rings. The minimum atomic E-state index is -0.641. The summed E-state index contributed by atoms with van der Waals surface area (Å²) < 4.78 is 10.4. The fourth-order valence-corrected chi connectivity index (χ4v) is 2.31. The number of aliphatic hydroxyl groups excluding tert-OH is 1. The number of ether oxygens (including phenoxy) is 2. The molecule has 134 valence electrons. The molecule has 23 heavy (non-hydrogen) atoms. The normalized spacial score (nSPS) is 23.9. The molecular formula is C16H30N2O5. The molecule has 0 saturated heterocycles. The zero-order valence-electron chi connectivity index (χ0n) is 15.0. The van der Waals surface area contributed by atoms with Crippen LogP contribution in [0.4, 0.5) is 9.59 Å². The molecule has 0 aromatic heterocycles. The van der Waals surface area contributed by atoms with Gasteiger partial charge in [-0.3, -0.25) is 0 Å². The van der Waals surface area contributed by atoms with Crippen molar-refractivity contribution in [3.63, 3.8) is 0 Å². The number of amides is 2. The van der Waals surface area contributed by atoms with E-state index in [0.29, 0.717) is 19.4 Å². The zero-order valence-corrected chi connectivity index (χ0v) is 15.0. The molecule has 1 saturated carbocycles. The van der Waals surface area contributed by atoms with Crippen molar-refractivity contribution in [1.29, 1.82) is 0 Å². The second-order valence-corrected chi connectivity index (χ2v) is 8.06. The highest BCUT2D eigenvalue weighted by Crippen LogP contribution is 2.45. The van der Waals surface area contributed by atoms with Gasteiger partial charge in [-0.2, -0.15) is 0 Å². The van der Waals surface area contributed by atoms with Gasteiger partial charge in [0, 0.05) is 6.54 Å². The predicted octanol–water partition coefficient (Wildman–Crippen LogP) is 2.18. The van der Waals surface area contributed by atoms with E-state index < -0.39 is 28.9 Å². The lowest BCUT2D eigenvalue weighted by atomic mass is 10.1. The largest absolute Gasteiger partial charge is 0.444 e. The molecule has 0 radical (unpaired) electrons. The van der Waals surface area contributed by atoms with Gasteiger partial charge in [-0.05, 0) is 60.3 Å². The van der Waals surface area contributed by atoms with Gasteiger partial charge in [0.15, 0.2) is 0 Å². The summed E-state index contributed by atoms with van der Waals surface area (Å²) in [7, 11) is 0. The number of hydrogen-bond acceptors (Lipinski definition) is 5. The van der Waals surface area contributed by atoms with E-state index in [1.807, 2.05) is 0 Å². The molecule has 0 aliphatic heterocycles. The molecule has 1 rings (SSSR count). The van der Waals surface area contributed by atoms with Crippen molar-refractivity contribution in [2.24, 2.45) is 5.92 Å². The third kappa shape index (κ3) is 7.07. The topological polar surface area (TPSA) is 96.9 Å². The lowest BCUT2D eigenvalue weighted by Crippen LogP contribution is -2.44. The van der Waals surface area contributed by atoms with Crippen LogP contribution >= 0.6 is 0 Å². The highest BCUT2D eigenvalue weighted by Gasteiger charge is 2.54. The Morgan fingerprint density at radius 1 is 1.09 bits per heavy atom. The molecule has 2 atom stereocenters. The first-order chi connectivity index (χ1) is 10.4. The summed E-state index contributed by atoms with van der Waals surface area (Å²) in [6.45, 7) is 11.0. The Labute approximate surface area is 138 Å². The maximum Gasteiger partial charge on any atom is 0.408 e. The van der Waals surface area contributed by atoms with Gasteiger partial charge in [-0.15, -0.1) is 0 Å². The van der Waals surface area contributed by atoms with E-state index in [0.717, 1.165) is 0 Å². The molecule has 1 aliphatic carbocycles. The molecule has 7 heteroatoms. The van der Waals surface area contributed by atoms with Gasteiger partial charge in [-0.1, -0.05) is 0 Å². The lowest BCUT2D eigenvalue weighted by Gasteiger charge is -2.23. The summed E-state index contributed by atoms with van der Waals surface area (Å²) in [5, 5.41) is 15.0. The first-order valence-electron chi connectivity index (χ1n) is 7.96. The number of aliphatic hydroxyl groups is 1. The third-order valence-corrected chi connectivity index (χ3v) is 3.43. The average Bonchev–Trinajstić information content (AvgIpc) is 2.97. The number of hydrogen-bond donors (Lipinski definition) is 3. The first kappa shape index (κ1) is 19.5. The smallest absolute Gasteiger partial charge is 0.408 e. The number of rotatable bonds is 5. The lowest BCUT2D eigenvalue weighted by molar-refractivity contribution is 0.0454. The van der Waals surface area contributed by atoms with Crippen molar-refractivity contribution < 1.29 is 24.2 Å². The summed E-state index contributed by atoms with van der Waals surface area (Å²) in [6, 6.07) is 0. The molecular weight excluding hydrogens is 300 g/mol. The van der Waals surface area contributed by atoms with Crippen LogP contribution in [0, 0.1) is 5.92 Å². The monoisotopic (exact) mass is 330 g/mol. The Hall–Kier alpha value is -1.50. The van der Waals surface area contributed by atoms with Gasteiger partial charge >= 0.3 is 12.2 Å². The highest BCUT2D eigenvalue weighted by molar-refractivity contribution is 5.69. The van der Waals surface area contributed by atoms with Crippen LogP contribution in [0.3, 0.4) is 0 Å². The van der Waals surface area contributed by atoms with Crippen LogP contribution in [0.25, 0.3) is 0 Å². The van der Waals surface area contributed by atoms with E-state index in [9.17, 15) is 14.7 Å². The molecule has 7 nitrogen and oxygen atoms in total. The van der Waals surface area contributed by atoms with Crippen molar-refractivity contribution in [3.05, 3.63) is 0 Å². The van der Waals surface area contributed by atoms with E-state index in [4.69, 9.17) is 9.47 Å². The van der Waals surface area contributed by atoms with Crippen LogP contribution in [0.5, 0.6) is 0 Å². The summed E-state index contributed by atoms with van der Waals surface area (Å²) >= 11 is 0. The summed E-state index contributed by atoms with van der Waals surface area (Å²) in [5.41, 5.74) is -1.75. The van der Waals surface area contributed by atoms with Crippen molar-refractivity contribution >= 4 is 12.2 Å². The highest BCUT2D eigenvalue weighted by atomic mass is 16.6. The fraction of sp³-hybridized carbons (Fsp3) is 0.875. The Morgan fingerprint density at radius 2 is 1.61 bits per heavy atom. The first-order valence-corrected chi connectivity index (χ1v) is 7.96. The summed E-state index contributed by atoms with van der Waals surface area (Å²) in [6.07, 6.45) is 0.316. The summed E-state index contributed by atoms with van der Waals surface area (Å²) in [4.78, 5) is 23.4. The average molecular weight is 330 g/mol. The number of carbonyl (C=O) groups is 2. The Kier molecular flexibility index (Phi) is 5.90. The predicted molar refractivity (Wildman–Crippen MR) is 86.1 cm³/mol. The third-order valence-electron chi connectivity index (χ3n) is 3.43. The molecule has 1 aliphatic rings. The second-order valence-electron chi connectivity index (χ2n) is 8.06. The maximum absolute atomic E-state index is 11.8. The van der Waals surface area contributed by atoms with Crippen molar-refractivity contribution in [3.8, 4) is 0 Å². The second kappa shape index (κ2) is 6.95. The number of nitrogens with one attached hydrogen (secondary N) is 2. The van der Waals surface area contributed by atoms with E-state index in [1.165, 1.54) is 0 Å². The van der Waals surface area contributed by atoms with Crippen molar-refractivity contribution in [2.75, 3.05) is 13.2 Å². The van der Waals surface area contributed by atoms with Crippen LogP contribution in [0.1, 0.15) is 54.4 Å². The molecule has 3 N–H and O–H groups in total. The minimum Gasteiger partial charge on any atom is -0.444 e. The molecule has 0 unspecified atom stereocenters. The number of alkyl carbamates (subject to hydrolysis) is 2. The van der Waals surface area contributed by atoms with Gasteiger partial charge in [0.25, 0.3) is 0 Å². The van der Waals surface area contributed by atoms with Crippen LogP contribution in [0.15, 0.2) is 0 Å². The van der Waals surface area contributed by atoms with E-state index in [1.54, 1.807) is 41.5 Å². The van der Waals surface area contributed by atoms with E-state index in [-0.39, 0.29) is 12.5 Å². The Balaban J connectivity index is 2.35. The standard InChI is InChI=1S/C16H30N2O5/c1-14(2,3)22-12(20)17-8-7-11-9-16(11,10-19)18-13(21)23-15(4,5)6/h11,19H,7-10H2,1-6H3,(H,17,20)(H,18,21)/t11-,16-/m0/s1. The van der Waals surface area contributed by atoms with Gasteiger partial charge in [0.05, 0.1) is 12.1 Å². The molecule has 0 bridgehead atoms. The Bertz CT molecular complexity index is 439. The van der Waals surface area contributed by atoms with Crippen molar-refractivity contribution in [1.82, 2.24) is 10.6 Å². The van der Waals surface area contributed by atoms with Gasteiger partial charge in [-0.25, -0.2) is 9.59 Å². The van der Waals surface area contributed by atoms with Crippen molar-refractivity contribution in [2.45, 2.75) is 71.1 Å². The van der Waals surface area contributed by atoms with Crippen LogP contribution < -0.4 is 10.6 Å². The van der Waals surface area contributed by atoms with E-state index >= 15 is 0 Å².